The van der Waals surface area contributed by atoms with E-state index >= 15 is 0 Å². The van der Waals surface area contributed by atoms with Gasteiger partial charge in [0.1, 0.15) is 23.2 Å². The number of amides is 2. The minimum absolute atomic E-state index is 0.143. The van der Waals surface area contributed by atoms with Crippen LogP contribution in [0.3, 0.4) is 0 Å². The van der Waals surface area contributed by atoms with Gasteiger partial charge in [-0.05, 0) is 39.8 Å². The molecule has 0 spiro atoms. The molecule has 0 aromatic carbocycles. The number of nitrogen functional groups attached to an aromatic ring is 1. The number of nitrogens with zero attached hydrogens (tertiary/aromatic N) is 6. The molecular weight excluding hydrogens is 526 g/mol. The number of aryl methyl sites for hydroxylation is 1. The first-order valence-electron chi connectivity index (χ1n) is 12.5. The van der Waals surface area contributed by atoms with Crippen molar-refractivity contribution in [3.8, 4) is 22.8 Å². The van der Waals surface area contributed by atoms with Crippen LogP contribution in [0.1, 0.15) is 43.4 Å². The Hall–Kier alpha value is -4.62. The number of alkyl halides is 2. The summed E-state index contributed by atoms with van der Waals surface area (Å²) in [7, 11) is 0. The van der Waals surface area contributed by atoms with Gasteiger partial charge in [0.2, 0.25) is 5.89 Å². The predicted molar refractivity (Wildman–Crippen MR) is 139 cm³/mol. The zero-order chi connectivity index (χ0) is 28.8. The highest BCUT2D eigenvalue weighted by Gasteiger charge is 2.48. The van der Waals surface area contributed by atoms with Crippen molar-refractivity contribution >= 4 is 23.5 Å². The second kappa shape index (κ2) is 9.84. The van der Waals surface area contributed by atoms with Gasteiger partial charge < -0.3 is 24.6 Å². The maximum Gasteiger partial charge on any atom is 0.410 e. The fraction of sp³-hybridized carbons (Fsp3) is 0.385. The van der Waals surface area contributed by atoms with Crippen LogP contribution in [0.5, 0.6) is 0 Å². The van der Waals surface area contributed by atoms with Gasteiger partial charge in [0.15, 0.2) is 17.2 Å². The lowest BCUT2D eigenvalue weighted by molar-refractivity contribution is -0.00240. The van der Waals surface area contributed by atoms with Crippen LogP contribution in [0.25, 0.3) is 28.5 Å². The molecule has 4 aromatic rings. The molecule has 40 heavy (non-hydrogen) atoms. The van der Waals surface area contributed by atoms with Gasteiger partial charge in [0.05, 0.1) is 18.8 Å². The lowest BCUT2D eigenvalue weighted by Gasteiger charge is -2.28. The van der Waals surface area contributed by atoms with Crippen LogP contribution in [-0.2, 0) is 4.74 Å². The highest BCUT2D eigenvalue weighted by molar-refractivity contribution is 5.97. The topological polar surface area (TPSA) is 154 Å². The van der Waals surface area contributed by atoms with Crippen molar-refractivity contribution in [3.05, 3.63) is 48.4 Å². The molecule has 12 nitrogen and oxygen atoms in total. The quantitative estimate of drug-likeness (QED) is 0.376. The smallest absolute Gasteiger partial charge is 0.410 e. The monoisotopic (exact) mass is 554 g/mol. The van der Waals surface area contributed by atoms with Crippen molar-refractivity contribution in [1.82, 2.24) is 34.6 Å². The van der Waals surface area contributed by atoms with Crippen molar-refractivity contribution in [2.75, 3.05) is 18.8 Å². The Labute approximate surface area is 227 Å². The summed E-state index contributed by atoms with van der Waals surface area (Å²) >= 11 is 0. The molecule has 14 heteroatoms. The number of pyridine rings is 1. The van der Waals surface area contributed by atoms with Crippen LogP contribution < -0.4 is 11.1 Å². The number of rotatable bonds is 5. The molecule has 210 valence electrons. The van der Waals surface area contributed by atoms with Gasteiger partial charge >= 0.3 is 6.09 Å². The van der Waals surface area contributed by atoms with E-state index in [-0.39, 0.29) is 35.3 Å². The zero-order valence-electron chi connectivity index (χ0n) is 22.3. The third-order valence-corrected chi connectivity index (χ3v) is 6.24. The Bertz CT molecular complexity index is 1580. The molecule has 0 saturated carbocycles. The number of hydrogen-bond acceptors (Lipinski definition) is 9. The SMILES string of the molecule is Cc1cnc2ccc(-c3nc(C(=O)NC[C@@H]4CC(F)(F)CN4C(=O)OC(C)(C)C)c(N)nc3-c3ncco3)cn12. The Morgan fingerprint density at radius 3 is 2.70 bits per heavy atom. The number of oxazole rings is 1. The Morgan fingerprint density at radius 1 is 1.23 bits per heavy atom. The molecule has 0 radical (unpaired) electrons. The number of nitrogens with two attached hydrogens (primary N) is 1. The number of imidazole rings is 1. The molecule has 0 unspecified atom stereocenters. The van der Waals surface area contributed by atoms with Gasteiger partial charge in [-0.15, -0.1) is 0 Å². The first kappa shape index (κ1) is 27.0. The molecule has 1 aliphatic rings. The standard InChI is InChI=1S/C26H28F2N8O4/c1-14-10-31-17-6-5-15(12-35(14)17)18-19(23-30-7-8-39-23)34-21(29)20(33-18)22(37)32-11-16-9-26(27,28)13-36(16)24(38)40-25(2,3)4/h5-8,10,12,16H,9,11,13H2,1-4H3,(H2,29,34)(H,32,37)/t16-/m0/s1. The Balaban J connectivity index is 1.44. The van der Waals surface area contributed by atoms with Crippen molar-refractivity contribution < 1.29 is 27.5 Å². The number of carbonyl (C=O) groups excluding carboxylic acids is 2. The van der Waals surface area contributed by atoms with Gasteiger partial charge in [0.25, 0.3) is 11.8 Å². The number of aromatic nitrogens is 5. The van der Waals surface area contributed by atoms with E-state index in [0.29, 0.717) is 11.2 Å². The lowest BCUT2D eigenvalue weighted by atomic mass is 10.1. The molecule has 3 N–H and O–H groups in total. The summed E-state index contributed by atoms with van der Waals surface area (Å²) in [6.45, 7) is 5.73. The zero-order valence-corrected chi connectivity index (χ0v) is 22.3. The number of fused-ring (bicyclic) bond motifs is 1. The van der Waals surface area contributed by atoms with Crippen LogP contribution in [0, 0.1) is 6.92 Å². The van der Waals surface area contributed by atoms with E-state index in [9.17, 15) is 18.4 Å². The summed E-state index contributed by atoms with van der Waals surface area (Å²) in [6, 6.07) is 2.54. The minimum atomic E-state index is -3.12. The lowest BCUT2D eigenvalue weighted by Crippen LogP contribution is -2.45. The van der Waals surface area contributed by atoms with Crippen LogP contribution in [0.4, 0.5) is 19.4 Å². The van der Waals surface area contributed by atoms with Crippen molar-refractivity contribution in [3.63, 3.8) is 0 Å². The minimum Gasteiger partial charge on any atom is -0.444 e. The highest BCUT2D eigenvalue weighted by Crippen LogP contribution is 2.33. The maximum atomic E-state index is 14.3. The molecule has 0 aliphatic carbocycles. The summed E-state index contributed by atoms with van der Waals surface area (Å²) in [6.07, 6.45) is 4.79. The maximum absolute atomic E-state index is 14.3. The second-order valence-corrected chi connectivity index (χ2v) is 10.6. The molecule has 5 rings (SSSR count). The van der Waals surface area contributed by atoms with E-state index in [1.165, 1.54) is 12.5 Å². The van der Waals surface area contributed by atoms with Gasteiger partial charge in [-0.1, -0.05) is 0 Å². The van der Waals surface area contributed by atoms with Gasteiger partial charge in [-0.2, -0.15) is 0 Å². The fourth-order valence-corrected chi connectivity index (χ4v) is 4.46. The van der Waals surface area contributed by atoms with E-state index in [4.69, 9.17) is 14.9 Å². The number of ether oxygens (including phenoxy) is 1. The largest absolute Gasteiger partial charge is 0.444 e. The third kappa shape index (κ3) is 5.42. The number of nitrogens with one attached hydrogen (secondary N) is 1. The molecule has 0 bridgehead atoms. The molecule has 1 aliphatic heterocycles. The van der Waals surface area contributed by atoms with E-state index < -0.39 is 42.5 Å². The molecule has 2 amide bonds. The third-order valence-electron chi connectivity index (χ3n) is 6.24. The molecule has 4 aromatic heterocycles. The molecule has 1 atom stereocenters. The van der Waals surface area contributed by atoms with Gasteiger partial charge in [0, 0.05) is 36.6 Å². The van der Waals surface area contributed by atoms with E-state index in [0.717, 1.165) is 10.6 Å². The summed E-state index contributed by atoms with van der Waals surface area (Å²) in [5.74, 6) is -3.94. The molecule has 1 saturated heterocycles. The number of anilines is 1. The van der Waals surface area contributed by atoms with E-state index in [2.05, 4.69) is 25.3 Å². The van der Waals surface area contributed by atoms with Crippen LogP contribution in [-0.4, -0.2) is 71.9 Å². The first-order chi connectivity index (χ1) is 18.8. The predicted octanol–water partition coefficient (Wildman–Crippen LogP) is 3.71. The highest BCUT2D eigenvalue weighted by atomic mass is 19.3. The average Bonchev–Trinajstić information content (AvgIpc) is 3.60. The molecule has 5 heterocycles. The Morgan fingerprint density at radius 2 is 2.00 bits per heavy atom. The number of likely N-dealkylation sites (tertiary alicyclic amines) is 1. The first-order valence-corrected chi connectivity index (χ1v) is 12.5. The normalized spacial score (nSPS) is 16.9. The van der Waals surface area contributed by atoms with Gasteiger partial charge in [-0.3, -0.25) is 9.69 Å². The van der Waals surface area contributed by atoms with Crippen molar-refractivity contribution in [1.29, 1.82) is 0 Å². The van der Waals surface area contributed by atoms with Crippen LogP contribution >= 0.6 is 0 Å². The van der Waals surface area contributed by atoms with E-state index in [1.807, 2.05) is 11.3 Å². The van der Waals surface area contributed by atoms with Crippen LogP contribution in [0.15, 0.2) is 41.4 Å². The number of hydrogen-bond donors (Lipinski definition) is 2. The summed E-state index contributed by atoms with van der Waals surface area (Å²) in [4.78, 5) is 44.1. The number of halogens is 2. The second-order valence-electron chi connectivity index (χ2n) is 10.6. The number of carbonyl (C=O) groups is 2. The van der Waals surface area contributed by atoms with Gasteiger partial charge in [-0.25, -0.2) is 33.5 Å². The van der Waals surface area contributed by atoms with Crippen molar-refractivity contribution in [2.45, 2.75) is 51.7 Å². The molecule has 1 fully saturated rings. The summed E-state index contributed by atoms with van der Waals surface area (Å²) in [5, 5.41) is 2.58. The fourth-order valence-electron chi connectivity index (χ4n) is 4.46. The average molecular weight is 555 g/mol. The van der Waals surface area contributed by atoms with Crippen molar-refractivity contribution in [2.24, 2.45) is 0 Å². The van der Waals surface area contributed by atoms with E-state index in [1.54, 1.807) is 45.3 Å². The summed E-state index contributed by atoms with van der Waals surface area (Å²) < 4.78 is 41.1. The Kier molecular flexibility index (Phi) is 6.64. The van der Waals surface area contributed by atoms with Crippen LogP contribution in [0.2, 0.25) is 0 Å². The summed E-state index contributed by atoms with van der Waals surface area (Å²) in [5.41, 5.74) is 7.67. The molecular formula is C26H28F2N8O4.